The molecule has 1 rings (SSSR count). The van der Waals surface area contributed by atoms with E-state index in [2.05, 4.69) is 16.0 Å². The molecular formula is C10H14N4O3. The summed E-state index contributed by atoms with van der Waals surface area (Å²) in [6.45, 7) is 0.445. The van der Waals surface area contributed by atoms with Crippen LogP contribution in [0.1, 0.15) is 12.8 Å². The number of nitrogens with one attached hydrogen (secondary N) is 3. The van der Waals surface area contributed by atoms with Gasteiger partial charge in [0.2, 0.25) is 18.2 Å². The van der Waals surface area contributed by atoms with Crippen molar-refractivity contribution in [2.75, 3.05) is 13.1 Å². The molecule has 0 saturated carbocycles. The van der Waals surface area contributed by atoms with E-state index in [1.807, 2.05) is 6.07 Å². The summed E-state index contributed by atoms with van der Waals surface area (Å²) in [5.74, 6) is -0.744. The summed E-state index contributed by atoms with van der Waals surface area (Å²) >= 11 is 0. The quantitative estimate of drug-likeness (QED) is 0.477. The summed E-state index contributed by atoms with van der Waals surface area (Å²) in [5.41, 5.74) is 0. The van der Waals surface area contributed by atoms with Crippen molar-refractivity contribution in [1.29, 1.82) is 5.26 Å². The number of hydrogen-bond donors (Lipinski definition) is 3. The third kappa shape index (κ3) is 4.10. The molecule has 7 nitrogen and oxygen atoms in total. The van der Waals surface area contributed by atoms with Crippen molar-refractivity contribution in [2.24, 2.45) is 5.92 Å². The molecule has 0 aliphatic carbocycles. The van der Waals surface area contributed by atoms with Crippen LogP contribution < -0.4 is 16.0 Å². The van der Waals surface area contributed by atoms with Crippen LogP contribution in [0.4, 0.5) is 0 Å². The molecule has 0 aromatic carbocycles. The standard InChI is InChI=1S/C10H14N4O3/c11-4-8(14-9(16)5-12-6-15)3-7-1-2-13-10(7)17/h6-8H,1-3,5H2,(H,12,15)(H,13,17)(H,14,16). The van der Waals surface area contributed by atoms with Crippen molar-refractivity contribution in [3.05, 3.63) is 0 Å². The van der Waals surface area contributed by atoms with E-state index in [9.17, 15) is 14.4 Å². The Labute approximate surface area is 98.5 Å². The van der Waals surface area contributed by atoms with E-state index in [0.29, 0.717) is 25.8 Å². The monoisotopic (exact) mass is 238 g/mol. The number of amides is 3. The zero-order valence-electron chi connectivity index (χ0n) is 9.23. The van der Waals surface area contributed by atoms with E-state index in [4.69, 9.17) is 5.26 Å². The van der Waals surface area contributed by atoms with Crippen molar-refractivity contribution in [3.63, 3.8) is 0 Å². The first-order chi connectivity index (χ1) is 8.17. The van der Waals surface area contributed by atoms with Gasteiger partial charge in [0, 0.05) is 12.5 Å². The van der Waals surface area contributed by atoms with Crippen molar-refractivity contribution < 1.29 is 14.4 Å². The van der Waals surface area contributed by atoms with Crippen LogP contribution in [0.15, 0.2) is 0 Å². The summed E-state index contributed by atoms with van der Waals surface area (Å²) in [5, 5.41) is 16.2. The number of hydrogen-bond acceptors (Lipinski definition) is 4. The highest BCUT2D eigenvalue weighted by molar-refractivity contribution is 5.82. The van der Waals surface area contributed by atoms with Gasteiger partial charge >= 0.3 is 0 Å². The molecule has 0 radical (unpaired) electrons. The van der Waals surface area contributed by atoms with Gasteiger partial charge in [0.1, 0.15) is 6.04 Å². The lowest BCUT2D eigenvalue weighted by atomic mass is 9.99. The van der Waals surface area contributed by atoms with Crippen LogP contribution in [0.25, 0.3) is 0 Å². The lowest BCUT2D eigenvalue weighted by Crippen LogP contribution is -2.41. The number of carbonyl (C=O) groups is 3. The Morgan fingerprint density at radius 1 is 1.71 bits per heavy atom. The second-order valence-corrected chi connectivity index (χ2v) is 3.76. The van der Waals surface area contributed by atoms with E-state index in [-0.39, 0.29) is 18.4 Å². The maximum Gasteiger partial charge on any atom is 0.240 e. The fourth-order valence-electron chi connectivity index (χ4n) is 1.68. The van der Waals surface area contributed by atoms with Crippen molar-refractivity contribution in [3.8, 4) is 6.07 Å². The smallest absolute Gasteiger partial charge is 0.240 e. The lowest BCUT2D eigenvalue weighted by Gasteiger charge is -2.14. The lowest BCUT2D eigenvalue weighted by molar-refractivity contribution is -0.124. The van der Waals surface area contributed by atoms with E-state index in [0.717, 1.165) is 0 Å². The normalized spacial score (nSPS) is 19.9. The minimum atomic E-state index is -0.704. The SMILES string of the molecule is N#CC(CC1CCNC1=O)NC(=O)CNC=O. The molecule has 0 aromatic heterocycles. The van der Waals surface area contributed by atoms with E-state index in [1.165, 1.54) is 0 Å². The Bertz CT molecular complexity index is 350. The Balaban J connectivity index is 2.38. The van der Waals surface area contributed by atoms with Gasteiger partial charge in [-0.3, -0.25) is 14.4 Å². The molecule has 17 heavy (non-hydrogen) atoms. The Morgan fingerprint density at radius 3 is 3.00 bits per heavy atom. The van der Waals surface area contributed by atoms with Gasteiger partial charge in [0.25, 0.3) is 0 Å². The molecule has 3 N–H and O–H groups in total. The van der Waals surface area contributed by atoms with Gasteiger partial charge in [0.05, 0.1) is 12.6 Å². The Kier molecular flexibility index (Phi) is 4.94. The number of carbonyl (C=O) groups excluding carboxylic acids is 3. The van der Waals surface area contributed by atoms with Gasteiger partial charge in [-0.2, -0.15) is 5.26 Å². The average Bonchev–Trinajstić information content (AvgIpc) is 2.71. The minimum Gasteiger partial charge on any atom is -0.356 e. The van der Waals surface area contributed by atoms with Gasteiger partial charge in [-0.05, 0) is 12.8 Å². The van der Waals surface area contributed by atoms with E-state index < -0.39 is 11.9 Å². The molecule has 1 fully saturated rings. The Hall–Kier alpha value is -2.10. The largest absolute Gasteiger partial charge is 0.356 e. The van der Waals surface area contributed by atoms with Crippen LogP contribution in [-0.4, -0.2) is 37.4 Å². The summed E-state index contributed by atoms with van der Waals surface area (Å²) in [4.78, 5) is 32.5. The summed E-state index contributed by atoms with van der Waals surface area (Å²) < 4.78 is 0. The molecule has 0 bridgehead atoms. The van der Waals surface area contributed by atoms with Crippen LogP contribution in [-0.2, 0) is 14.4 Å². The van der Waals surface area contributed by atoms with Crippen LogP contribution in [0.5, 0.6) is 0 Å². The predicted octanol–water partition coefficient (Wildman–Crippen LogP) is -1.73. The van der Waals surface area contributed by atoms with Crippen molar-refractivity contribution >= 4 is 18.2 Å². The fourth-order valence-corrected chi connectivity index (χ4v) is 1.68. The van der Waals surface area contributed by atoms with Crippen LogP contribution in [0.2, 0.25) is 0 Å². The van der Waals surface area contributed by atoms with Crippen LogP contribution >= 0.6 is 0 Å². The topological polar surface area (TPSA) is 111 Å². The van der Waals surface area contributed by atoms with Crippen molar-refractivity contribution in [1.82, 2.24) is 16.0 Å². The molecule has 0 spiro atoms. The molecule has 1 saturated heterocycles. The van der Waals surface area contributed by atoms with Crippen LogP contribution in [0.3, 0.4) is 0 Å². The predicted molar refractivity (Wildman–Crippen MR) is 57.3 cm³/mol. The molecule has 92 valence electrons. The number of nitrogens with zero attached hydrogens (tertiary/aromatic N) is 1. The molecule has 7 heteroatoms. The van der Waals surface area contributed by atoms with Crippen LogP contribution in [0, 0.1) is 17.2 Å². The molecule has 1 heterocycles. The van der Waals surface area contributed by atoms with Gasteiger partial charge in [-0.1, -0.05) is 0 Å². The fraction of sp³-hybridized carbons (Fsp3) is 0.600. The first kappa shape index (κ1) is 13.0. The highest BCUT2D eigenvalue weighted by atomic mass is 16.2. The third-order valence-corrected chi connectivity index (χ3v) is 2.52. The first-order valence-electron chi connectivity index (χ1n) is 5.31. The number of nitriles is 1. The summed E-state index contributed by atoms with van der Waals surface area (Å²) in [6.07, 6.45) is 1.39. The van der Waals surface area contributed by atoms with E-state index >= 15 is 0 Å². The zero-order valence-corrected chi connectivity index (χ0v) is 9.23. The average molecular weight is 238 g/mol. The molecule has 1 aliphatic heterocycles. The second kappa shape index (κ2) is 6.48. The molecule has 0 aromatic rings. The summed E-state index contributed by atoms with van der Waals surface area (Å²) in [6, 6.07) is 1.22. The molecule has 2 atom stereocenters. The third-order valence-electron chi connectivity index (χ3n) is 2.52. The maximum absolute atomic E-state index is 11.3. The Morgan fingerprint density at radius 2 is 2.47 bits per heavy atom. The van der Waals surface area contributed by atoms with Crippen molar-refractivity contribution in [2.45, 2.75) is 18.9 Å². The molecule has 3 amide bonds. The zero-order chi connectivity index (χ0) is 12.7. The molecule has 2 unspecified atom stereocenters. The maximum atomic E-state index is 11.3. The highest BCUT2D eigenvalue weighted by Crippen LogP contribution is 2.15. The van der Waals surface area contributed by atoms with Gasteiger partial charge in [-0.25, -0.2) is 0 Å². The highest BCUT2D eigenvalue weighted by Gasteiger charge is 2.27. The summed E-state index contributed by atoms with van der Waals surface area (Å²) in [7, 11) is 0. The number of rotatable bonds is 6. The first-order valence-corrected chi connectivity index (χ1v) is 5.31. The molecule has 1 aliphatic rings. The van der Waals surface area contributed by atoms with Gasteiger partial charge in [0.15, 0.2) is 0 Å². The van der Waals surface area contributed by atoms with Gasteiger partial charge in [-0.15, -0.1) is 0 Å². The minimum absolute atomic E-state index is 0.0782. The van der Waals surface area contributed by atoms with Gasteiger partial charge < -0.3 is 16.0 Å². The second-order valence-electron chi connectivity index (χ2n) is 3.76. The molecular weight excluding hydrogens is 224 g/mol. The van der Waals surface area contributed by atoms with E-state index in [1.54, 1.807) is 0 Å².